The van der Waals surface area contributed by atoms with Crippen LogP contribution in [0.4, 0.5) is 4.79 Å². The van der Waals surface area contributed by atoms with Crippen LogP contribution in [0.2, 0.25) is 0 Å². The molecule has 0 saturated carbocycles. The predicted octanol–water partition coefficient (Wildman–Crippen LogP) is 1.33. The second kappa shape index (κ2) is 8.07. The molecule has 0 radical (unpaired) electrons. The third-order valence-electron chi connectivity index (χ3n) is 2.56. The Labute approximate surface area is 113 Å². The number of pyridine rings is 1. The molecule has 1 heterocycles. The summed E-state index contributed by atoms with van der Waals surface area (Å²) in [5, 5.41) is 10.1. The molecule has 2 amide bonds. The molecule has 0 unspecified atom stereocenters. The highest BCUT2D eigenvalue weighted by Crippen LogP contribution is 2.04. The van der Waals surface area contributed by atoms with Gasteiger partial charge in [0, 0.05) is 38.4 Å². The molecule has 0 aliphatic heterocycles. The van der Waals surface area contributed by atoms with Crippen LogP contribution in [0, 0.1) is 5.41 Å². The minimum atomic E-state index is -0.132. The molecular weight excluding hydrogens is 242 g/mol. The SMILES string of the molecule is CCCNC(=O)N(CCC(=N)N)Cc1cccnc1. The summed E-state index contributed by atoms with van der Waals surface area (Å²) in [6.07, 6.45) is 4.69. The molecule has 4 N–H and O–H groups in total. The van der Waals surface area contributed by atoms with Crippen LogP contribution in [-0.4, -0.2) is 34.8 Å². The minimum absolute atomic E-state index is 0.0829. The molecule has 0 bridgehead atoms. The first kappa shape index (κ1) is 14.9. The normalized spacial score (nSPS) is 9.95. The fraction of sp³-hybridized carbons (Fsp3) is 0.462. The van der Waals surface area contributed by atoms with E-state index in [4.69, 9.17) is 11.1 Å². The van der Waals surface area contributed by atoms with E-state index >= 15 is 0 Å². The average Bonchev–Trinajstić information content (AvgIpc) is 2.41. The Hall–Kier alpha value is -2.11. The number of hydrogen-bond acceptors (Lipinski definition) is 3. The Balaban J connectivity index is 2.62. The maximum atomic E-state index is 12.0. The number of nitrogens with zero attached hydrogens (tertiary/aromatic N) is 2. The number of carbonyl (C=O) groups excluding carboxylic acids is 1. The van der Waals surface area contributed by atoms with E-state index in [2.05, 4.69) is 10.3 Å². The number of hydrogen-bond donors (Lipinski definition) is 3. The van der Waals surface area contributed by atoms with Crippen molar-refractivity contribution >= 4 is 11.9 Å². The van der Waals surface area contributed by atoms with Crippen LogP contribution in [0.5, 0.6) is 0 Å². The van der Waals surface area contributed by atoms with Gasteiger partial charge in [-0.05, 0) is 18.1 Å². The van der Waals surface area contributed by atoms with E-state index in [1.807, 2.05) is 19.1 Å². The summed E-state index contributed by atoms with van der Waals surface area (Å²) >= 11 is 0. The Bertz CT molecular complexity index is 407. The van der Waals surface area contributed by atoms with Crippen LogP contribution in [0.15, 0.2) is 24.5 Å². The van der Waals surface area contributed by atoms with E-state index in [-0.39, 0.29) is 11.9 Å². The highest BCUT2D eigenvalue weighted by Gasteiger charge is 2.13. The summed E-state index contributed by atoms with van der Waals surface area (Å²) in [6, 6.07) is 3.62. The first-order valence-corrected chi connectivity index (χ1v) is 6.38. The topological polar surface area (TPSA) is 95.1 Å². The molecule has 1 aromatic rings. The first-order valence-electron chi connectivity index (χ1n) is 6.38. The van der Waals surface area contributed by atoms with Crippen LogP contribution in [0.3, 0.4) is 0 Å². The van der Waals surface area contributed by atoms with Gasteiger partial charge in [-0.25, -0.2) is 4.79 Å². The van der Waals surface area contributed by atoms with Crippen LogP contribution >= 0.6 is 0 Å². The minimum Gasteiger partial charge on any atom is -0.388 e. The van der Waals surface area contributed by atoms with Gasteiger partial charge in [0.15, 0.2) is 0 Å². The number of nitrogens with two attached hydrogens (primary N) is 1. The molecule has 0 aliphatic rings. The number of rotatable bonds is 7. The van der Waals surface area contributed by atoms with Crippen molar-refractivity contribution in [3.05, 3.63) is 30.1 Å². The molecule has 0 atom stereocenters. The third-order valence-corrected chi connectivity index (χ3v) is 2.56. The van der Waals surface area contributed by atoms with Crippen molar-refractivity contribution < 1.29 is 4.79 Å². The summed E-state index contributed by atoms with van der Waals surface area (Å²) in [5.74, 6) is 0.0829. The molecule has 0 aliphatic carbocycles. The van der Waals surface area contributed by atoms with Crippen LogP contribution in [0.25, 0.3) is 0 Å². The van der Waals surface area contributed by atoms with Gasteiger partial charge in [0.1, 0.15) is 0 Å². The summed E-state index contributed by atoms with van der Waals surface area (Å²) in [5.41, 5.74) is 6.30. The smallest absolute Gasteiger partial charge is 0.317 e. The fourth-order valence-corrected chi connectivity index (χ4v) is 1.56. The third kappa shape index (κ3) is 5.85. The van der Waals surface area contributed by atoms with E-state index in [9.17, 15) is 4.79 Å². The lowest BCUT2D eigenvalue weighted by molar-refractivity contribution is 0.196. The number of nitrogens with one attached hydrogen (secondary N) is 2. The van der Waals surface area contributed by atoms with Crippen molar-refractivity contribution in [3.63, 3.8) is 0 Å². The lowest BCUT2D eigenvalue weighted by Crippen LogP contribution is -2.41. The molecular formula is C13H21N5O. The van der Waals surface area contributed by atoms with Gasteiger partial charge in [0.05, 0.1) is 5.84 Å². The zero-order valence-corrected chi connectivity index (χ0v) is 11.2. The largest absolute Gasteiger partial charge is 0.388 e. The van der Waals surface area contributed by atoms with Gasteiger partial charge in [0.2, 0.25) is 0 Å². The van der Waals surface area contributed by atoms with Crippen LogP contribution < -0.4 is 11.1 Å². The van der Waals surface area contributed by atoms with Gasteiger partial charge in [-0.15, -0.1) is 0 Å². The quantitative estimate of drug-likeness (QED) is 0.511. The lowest BCUT2D eigenvalue weighted by Gasteiger charge is -2.22. The Kier molecular flexibility index (Phi) is 6.35. The van der Waals surface area contributed by atoms with Gasteiger partial charge < -0.3 is 16.0 Å². The van der Waals surface area contributed by atoms with Crippen molar-refractivity contribution in [1.29, 1.82) is 5.41 Å². The number of aromatic nitrogens is 1. The number of amidine groups is 1. The monoisotopic (exact) mass is 263 g/mol. The molecule has 1 rings (SSSR count). The molecule has 1 aromatic heterocycles. The molecule has 0 saturated heterocycles. The van der Waals surface area contributed by atoms with E-state index in [1.165, 1.54) is 0 Å². The summed E-state index contributed by atoms with van der Waals surface area (Å²) in [6.45, 7) is 3.54. The van der Waals surface area contributed by atoms with Crippen molar-refractivity contribution in [2.75, 3.05) is 13.1 Å². The van der Waals surface area contributed by atoms with E-state index in [1.54, 1.807) is 17.3 Å². The molecule has 0 fully saturated rings. The number of carbonyl (C=O) groups is 1. The summed E-state index contributed by atoms with van der Waals surface area (Å²) in [7, 11) is 0. The van der Waals surface area contributed by atoms with Crippen molar-refractivity contribution in [2.24, 2.45) is 5.73 Å². The summed E-state index contributed by atoms with van der Waals surface area (Å²) < 4.78 is 0. The van der Waals surface area contributed by atoms with E-state index in [0.717, 1.165) is 12.0 Å². The zero-order valence-electron chi connectivity index (χ0n) is 11.2. The second-order valence-electron chi connectivity index (χ2n) is 4.29. The molecule has 0 spiro atoms. The maximum Gasteiger partial charge on any atom is 0.317 e. The fourth-order valence-electron chi connectivity index (χ4n) is 1.56. The van der Waals surface area contributed by atoms with Gasteiger partial charge >= 0.3 is 6.03 Å². The van der Waals surface area contributed by atoms with Crippen molar-refractivity contribution in [1.82, 2.24) is 15.2 Å². The molecule has 6 heteroatoms. The highest BCUT2D eigenvalue weighted by atomic mass is 16.2. The van der Waals surface area contributed by atoms with Gasteiger partial charge in [-0.2, -0.15) is 0 Å². The van der Waals surface area contributed by atoms with Crippen LogP contribution in [0.1, 0.15) is 25.3 Å². The summed E-state index contributed by atoms with van der Waals surface area (Å²) in [4.78, 5) is 17.7. The van der Waals surface area contributed by atoms with Crippen LogP contribution in [-0.2, 0) is 6.54 Å². The highest BCUT2D eigenvalue weighted by molar-refractivity contribution is 5.78. The first-order chi connectivity index (χ1) is 9.13. The van der Waals surface area contributed by atoms with E-state index in [0.29, 0.717) is 26.1 Å². The van der Waals surface area contributed by atoms with Gasteiger partial charge in [-0.3, -0.25) is 10.4 Å². The van der Waals surface area contributed by atoms with Gasteiger partial charge in [0.25, 0.3) is 0 Å². The van der Waals surface area contributed by atoms with Gasteiger partial charge in [-0.1, -0.05) is 13.0 Å². The lowest BCUT2D eigenvalue weighted by atomic mass is 10.2. The molecule has 6 nitrogen and oxygen atoms in total. The number of amides is 2. The number of urea groups is 1. The average molecular weight is 263 g/mol. The molecule has 0 aromatic carbocycles. The zero-order chi connectivity index (χ0) is 14.1. The Morgan fingerprint density at radius 1 is 1.58 bits per heavy atom. The molecule has 19 heavy (non-hydrogen) atoms. The van der Waals surface area contributed by atoms with E-state index < -0.39 is 0 Å². The standard InChI is InChI=1S/C13H21N5O/c1-2-6-17-13(19)18(8-5-12(14)15)10-11-4-3-7-16-9-11/h3-4,7,9H,2,5-6,8,10H2,1H3,(H3,14,15)(H,17,19). The Morgan fingerprint density at radius 3 is 2.95 bits per heavy atom. The predicted molar refractivity (Wildman–Crippen MR) is 74.9 cm³/mol. The van der Waals surface area contributed by atoms with Crippen molar-refractivity contribution in [2.45, 2.75) is 26.3 Å². The van der Waals surface area contributed by atoms with Crippen molar-refractivity contribution in [3.8, 4) is 0 Å². The molecule has 104 valence electrons. The second-order valence-corrected chi connectivity index (χ2v) is 4.29. The maximum absolute atomic E-state index is 12.0. The Morgan fingerprint density at radius 2 is 2.37 bits per heavy atom.